The first-order chi connectivity index (χ1) is 12.1. The Labute approximate surface area is 170 Å². The maximum absolute atomic E-state index is 9.86. The number of quaternary nitrogens is 1. The van der Waals surface area contributed by atoms with Crippen molar-refractivity contribution in [2.75, 3.05) is 33.9 Å². The molecule has 1 aromatic rings. The number of aliphatic hydroxyl groups excluding tert-OH is 2. The van der Waals surface area contributed by atoms with Crippen molar-refractivity contribution in [3.8, 4) is 0 Å². The normalized spacial score (nSPS) is 10.7. The summed E-state index contributed by atoms with van der Waals surface area (Å²) in [6, 6.07) is 0. The molecule has 0 aliphatic rings. The van der Waals surface area contributed by atoms with Crippen molar-refractivity contribution >= 4 is 40.5 Å². The van der Waals surface area contributed by atoms with E-state index in [4.69, 9.17) is 45.0 Å². The Hall–Kier alpha value is -0.670. The number of benzene rings is 1. The minimum atomic E-state index is -1.55. The fourth-order valence-corrected chi connectivity index (χ4v) is 3.46. The van der Waals surface area contributed by atoms with E-state index in [1.54, 1.807) is 11.9 Å². The van der Waals surface area contributed by atoms with Gasteiger partial charge < -0.3 is 10.2 Å². The van der Waals surface area contributed by atoms with Gasteiger partial charge in [-0.3, -0.25) is 4.90 Å². The van der Waals surface area contributed by atoms with Crippen molar-refractivity contribution in [1.29, 1.82) is 0 Å². The van der Waals surface area contributed by atoms with Crippen LogP contribution in [0.25, 0.3) is 0 Å². The van der Waals surface area contributed by atoms with Crippen LogP contribution < -0.4 is 4.81 Å². The number of hydrogen-bond donors (Lipinski definition) is 4. The molecule has 0 aromatic heterocycles. The summed E-state index contributed by atoms with van der Waals surface area (Å²) in [4.78, 5) is 0.219. The van der Waals surface area contributed by atoms with Crippen LogP contribution in [-0.2, 0) is 13.0 Å². The molecule has 0 spiro atoms. The Bertz CT molecular complexity index is 564. The number of nitrogens with zero attached hydrogens (tertiary/aromatic N) is 2. The lowest BCUT2D eigenvalue weighted by Crippen LogP contribution is -2.38. The highest BCUT2D eigenvalue weighted by Gasteiger charge is 2.34. The van der Waals surface area contributed by atoms with E-state index in [2.05, 4.69) is 26.3 Å². The molecule has 0 heterocycles. The predicted molar refractivity (Wildman–Crippen MR) is 109 cm³/mol. The van der Waals surface area contributed by atoms with E-state index in [9.17, 15) is 10.4 Å². The average Bonchev–Trinajstić information content (AvgIpc) is 2.58. The molecule has 0 saturated carbocycles. The number of aliphatic hydroxyl groups is 2. The van der Waals surface area contributed by atoms with Gasteiger partial charge >= 0.3 is 0 Å². The number of hydroxylamine groups is 2. The fourth-order valence-electron chi connectivity index (χ4n) is 2.12. The highest BCUT2D eigenvalue weighted by Crippen LogP contribution is 2.45. The van der Waals surface area contributed by atoms with E-state index in [1.807, 2.05) is 0 Å². The van der Waals surface area contributed by atoms with Crippen LogP contribution in [-0.4, -0.2) is 59.4 Å². The van der Waals surface area contributed by atoms with Gasteiger partial charge in [-0.1, -0.05) is 34.8 Å². The van der Waals surface area contributed by atoms with Crippen molar-refractivity contribution in [3.05, 3.63) is 52.5 Å². The summed E-state index contributed by atoms with van der Waals surface area (Å²) in [5.74, 6) is 0. The summed E-state index contributed by atoms with van der Waals surface area (Å²) in [7, 11) is 2.85. The van der Waals surface area contributed by atoms with Gasteiger partial charge in [0.15, 0.2) is 0 Å². The van der Waals surface area contributed by atoms with Crippen molar-refractivity contribution in [3.63, 3.8) is 0 Å². The second-order valence-corrected chi connectivity index (χ2v) is 6.23. The second kappa shape index (κ2) is 13.5. The van der Waals surface area contributed by atoms with Crippen molar-refractivity contribution in [2.24, 2.45) is 0 Å². The number of likely N-dealkylation sites (N-methyl/N-ethyl adjacent to an activating group) is 1. The molecule has 1 rings (SSSR count). The molecule has 9 heteroatoms. The minimum absolute atomic E-state index is 0.00473. The summed E-state index contributed by atoms with van der Waals surface area (Å²) < 4.78 is 0. The number of hydrogen-bond acceptors (Lipinski definition) is 5. The van der Waals surface area contributed by atoms with Crippen molar-refractivity contribution in [2.45, 2.75) is 13.0 Å². The van der Waals surface area contributed by atoms with E-state index < -0.39 is 4.81 Å². The third-order valence-corrected chi connectivity index (χ3v) is 4.44. The molecule has 0 radical (unpaired) electrons. The van der Waals surface area contributed by atoms with E-state index in [-0.39, 0.29) is 46.9 Å². The lowest BCUT2D eigenvalue weighted by molar-refractivity contribution is -0.272. The molecule has 4 N–H and O–H groups in total. The first-order valence-electron chi connectivity index (χ1n) is 7.56. The van der Waals surface area contributed by atoms with Crippen LogP contribution in [0.1, 0.15) is 11.1 Å². The zero-order valence-corrected chi connectivity index (χ0v) is 17.4. The van der Waals surface area contributed by atoms with E-state index in [1.165, 1.54) is 0 Å². The molecule has 26 heavy (non-hydrogen) atoms. The summed E-state index contributed by atoms with van der Waals surface area (Å²) in [6.07, 6.45) is 0.151. The van der Waals surface area contributed by atoms with Crippen molar-refractivity contribution in [1.82, 2.24) is 9.71 Å². The molecule has 6 nitrogen and oxygen atoms in total. The molecular formula is C17H28Cl3N2O4+. The lowest BCUT2D eigenvalue weighted by Gasteiger charge is -2.24. The van der Waals surface area contributed by atoms with Gasteiger partial charge in [-0.25, -0.2) is 0 Å². The Morgan fingerprint density at radius 1 is 0.885 bits per heavy atom. The van der Waals surface area contributed by atoms with Crippen LogP contribution in [0.3, 0.4) is 0 Å². The molecular weight excluding hydrogens is 403 g/mol. The lowest BCUT2D eigenvalue weighted by atomic mass is 10.0. The van der Waals surface area contributed by atoms with Gasteiger partial charge in [0.2, 0.25) is 5.69 Å². The van der Waals surface area contributed by atoms with Crippen LogP contribution >= 0.6 is 34.8 Å². The quantitative estimate of drug-likeness (QED) is 0.299. The molecule has 0 amide bonds. The summed E-state index contributed by atoms with van der Waals surface area (Å²) in [5, 5.41) is 38.2. The molecule has 0 bridgehead atoms. The van der Waals surface area contributed by atoms with Gasteiger partial charge in [-0.05, 0) is 23.8 Å². The topological polar surface area (TPSA) is 84.2 Å². The van der Waals surface area contributed by atoms with Gasteiger partial charge in [0.05, 0.1) is 11.6 Å². The maximum atomic E-state index is 9.86. The van der Waals surface area contributed by atoms with E-state index in [0.717, 1.165) is 7.05 Å². The standard InChI is InChI=1S/C13H20Cl3N2O4.2C2H4/c1-17(4-6-20)7-9-10(14)8(3-5-19)11(15)13(12(9)16)18(2,21)22;2*1-2/h19-22H,3-7H2,1-2H3;2*1-2H2/q+1;;. The van der Waals surface area contributed by atoms with Crippen LogP contribution in [0, 0.1) is 0 Å². The van der Waals surface area contributed by atoms with Gasteiger partial charge in [-0.2, -0.15) is 10.4 Å². The summed E-state index contributed by atoms with van der Waals surface area (Å²) >= 11 is 18.8. The Morgan fingerprint density at radius 2 is 1.35 bits per heavy atom. The second-order valence-electron chi connectivity index (χ2n) is 5.10. The van der Waals surface area contributed by atoms with E-state index in [0.29, 0.717) is 17.7 Å². The van der Waals surface area contributed by atoms with Gasteiger partial charge in [0, 0.05) is 25.3 Å². The Morgan fingerprint density at radius 3 is 1.73 bits per heavy atom. The van der Waals surface area contributed by atoms with Crippen LogP contribution in [0.4, 0.5) is 5.69 Å². The summed E-state index contributed by atoms with van der Waals surface area (Å²) in [5.41, 5.74) is 0.739. The monoisotopic (exact) mass is 429 g/mol. The van der Waals surface area contributed by atoms with Crippen LogP contribution in [0.15, 0.2) is 26.3 Å². The zero-order chi connectivity index (χ0) is 21.1. The zero-order valence-electron chi connectivity index (χ0n) is 15.2. The van der Waals surface area contributed by atoms with Gasteiger partial charge in [0.25, 0.3) is 0 Å². The molecule has 0 aliphatic carbocycles. The van der Waals surface area contributed by atoms with E-state index >= 15 is 0 Å². The smallest absolute Gasteiger partial charge is 0.236 e. The highest BCUT2D eigenvalue weighted by atomic mass is 35.5. The maximum Gasteiger partial charge on any atom is 0.236 e. The molecule has 0 atom stereocenters. The van der Waals surface area contributed by atoms with Crippen LogP contribution in [0.5, 0.6) is 0 Å². The average molecular weight is 431 g/mol. The number of rotatable bonds is 7. The molecule has 0 fully saturated rings. The fraction of sp³-hybridized carbons (Fsp3) is 0.412. The molecule has 0 aliphatic heterocycles. The van der Waals surface area contributed by atoms with Gasteiger partial charge in [-0.15, -0.1) is 26.3 Å². The summed E-state index contributed by atoms with van der Waals surface area (Å²) in [6.45, 7) is 12.4. The highest BCUT2D eigenvalue weighted by molar-refractivity contribution is 6.43. The molecule has 1 aromatic carbocycles. The minimum Gasteiger partial charge on any atom is -0.396 e. The third kappa shape index (κ3) is 7.52. The molecule has 0 unspecified atom stereocenters. The largest absolute Gasteiger partial charge is 0.396 e. The molecule has 150 valence electrons. The Kier molecular flexibility index (Phi) is 14.3. The first-order valence-corrected chi connectivity index (χ1v) is 8.69. The van der Waals surface area contributed by atoms with Crippen LogP contribution in [0.2, 0.25) is 15.1 Å². The molecule has 0 saturated heterocycles. The SMILES string of the molecule is C=C.C=C.CN(CCO)Cc1c(Cl)c(CCO)c(Cl)c([N+](C)(O)O)c1Cl. The van der Waals surface area contributed by atoms with Gasteiger partial charge in [0.1, 0.15) is 17.1 Å². The van der Waals surface area contributed by atoms with Crippen molar-refractivity contribution < 1.29 is 20.6 Å². The third-order valence-electron chi connectivity index (χ3n) is 3.17. The first kappa shape index (κ1) is 27.5. The Balaban J connectivity index is 0. The number of halogens is 3. The predicted octanol–water partition coefficient (Wildman–Crippen LogP) is 3.93.